The Hall–Kier alpha value is -2.23. The van der Waals surface area contributed by atoms with E-state index in [0.717, 1.165) is 21.6 Å². The topological polar surface area (TPSA) is 20.3 Å². The van der Waals surface area contributed by atoms with Crippen molar-refractivity contribution in [3.05, 3.63) is 101 Å². The molecular formula is C21H16ClNOS. The summed E-state index contributed by atoms with van der Waals surface area (Å²) in [7, 11) is 0. The van der Waals surface area contributed by atoms with Crippen LogP contribution in [0.4, 0.5) is 0 Å². The summed E-state index contributed by atoms with van der Waals surface area (Å²) < 4.78 is 0. The fourth-order valence-electron chi connectivity index (χ4n) is 3.00. The molecule has 0 bridgehead atoms. The van der Waals surface area contributed by atoms with Crippen LogP contribution in [0.1, 0.15) is 26.9 Å². The number of hydrogen-bond donors (Lipinski definition) is 0. The molecule has 4 rings (SSSR count). The molecule has 0 unspecified atom stereocenters. The Kier molecular flexibility index (Phi) is 4.51. The van der Waals surface area contributed by atoms with Gasteiger partial charge in [0.2, 0.25) is 0 Å². The molecule has 0 aromatic heterocycles. The highest BCUT2D eigenvalue weighted by Crippen LogP contribution is 2.45. The van der Waals surface area contributed by atoms with Crippen molar-refractivity contribution in [2.75, 3.05) is 0 Å². The zero-order valence-electron chi connectivity index (χ0n) is 13.4. The second kappa shape index (κ2) is 6.95. The summed E-state index contributed by atoms with van der Waals surface area (Å²) in [5.74, 6) is 0.0677. The van der Waals surface area contributed by atoms with Gasteiger partial charge in [-0.2, -0.15) is 0 Å². The lowest BCUT2D eigenvalue weighted by molar-refractivity contribution is 0.0712. The highest BCUT2D eigenvalue weighted by atomic mass is 35.5. The van der Waals surface area contributed by atoms with Gasteiger partial charge in [0.05, 0.1) is 5.56 Å². The van der Waals surface area contributed by atoms with Gasteiger partial charge in [-0.3, -0.25) is 4.79 Å². The van der Waals surface area contributed by atoms with E-state index < -0.39 is 0 Å². The molecule has 0 saturated carbocycles. The summed E-state index contributed by atoms with van der Waals surface area (Å²) in [4.78, 5) is 16.1. The Morgan fingerprint density at radius 1 is 0.880 bits per heavy atom. The predicted octanol–water partition coefficient (Wildman–Crippen LogP) is 5.79. The van der Waals surface area contributed by atoms with E-state index in [9.17, 15) is 4.79 Å². The number of carbonyl (C=O) groups is 1. The Morgan fingerprint density at radius 3 is 2.32 bits per heavy atom. The lowest BCUT2D eigenvalue weighted by Crippen LogP contribution is -2.36. The largest absolute Gasteiger partial charge is 0.318 e. The van der Waals surface area contributed by atoms with Crippen LogP contribution < -0.4 is 0 Å². The number of nitrogens with zero attached hydrogens (tertiary/aromatic N) is 1. The minimum absolute atomic E-state index is 0.0677. The van der Waals surface area contributed by atoms with E-state index in [4.69, 9.17) is 11.6 Å². The van der Waals surface area contributed by atoms with Gasteiger partial charge in [-0.05, 0) is 35.4 Å². The van der Waals surface area contributed by atoms with Gasteiger partial charge in [-0.1, -0.05) is 78.0 Å². The van der Waals surface area contributed by atoms with Crippen molar-refractivity contribution in [1.82, 2.24) is 4.90 Å². The van der Waals surface area contributed by atoms with Crippen molar-refractivity contribution in [3.8, 4) is 0 Å². The second-order valence-electron chi connectivity index (χ2n) is 5.94. The number of hydrogen-bond acceptors (Lipinski definition) is 2. The molecule has 1 aliphatic rings. The van der Waals surface area contributed by atoms with E-state index in [1.807, 2.05) is 71.6 Å². The van der Waals surface area contributed by atoms with Crippen LogP contribution in [-0.2, 0) is 6.54 Å². The first kappa shape index (κ1) is 16.2. The lowest BCUT2D eigenvalue weighted by Gasteiger charge is -2.36. The lowest BCUT2D eigenvalue weighted by atomic mass is 10.1. The molecule has 2 nitrogen and oxygen atoms in total. The fraction of sp³-hybridized carbons (Fsp3) is 0.0952. The van der Waals surface area contributed by atoms with E-state index in [1.165, 1.54) is 0 Å². The SMILES string of the molecule is O=C1c2ccccc2S[C@H](c2ccc(Cl)cc2)N1Cc1ccccc1. The van der Waals surface area contributed by atoms with Gasteiger partial charge < -0.3 is 4.90 Å². The van der Waals surface area contributed by atoms with Crippen molar-refractivity contribution in [3.63, 3.8) is 0 Å². The van der Waals surface area contributed by atoms with E-state index >= 15 is 0 Å². The average molecular weight is 366 g/mol. The molecule has 25 heavy (non-hydrogen) atoms. The molecule has 4 heteroatoms. The van der Waals surface area contributed by atoms with Gasteiger partial charge in [0.25, 0.3) is 5.91 Å². The van der Waals surface area contributed by atoms with Crippen molar-refractivity contribution >= 4 is 29.3 Å². The van der Waals surface area contributed by atoms with Crippen LogP contribution in [0.25, 0.3) is 0 Å². The first-order valence-electron chi connectivity index (χ1n) is 8.08. The zero-order valence-corrected chi connectivity index (χ0v) is 15.0. The summed E-state index contributed by atoms with van der Waals surface area (Å²) >= 11 is 7.75. The zero-order chi connectivity index (χ0) is 17.2. The van der Waals surface area contributed by atoms with E-state index in [2.05, 4.69) is 12.1 Å². The van der Waals surface area contributed by atoms with Crippen molar-refractivity contribution in [2.45, 2.75) is 16.8 Å². The quantitative estimate of drug-likeness (QED) is 0.585. The third kappa shape index (κ3) is 3.30. The smallest absolute Gasteiger partial charge is 0.256 e. The van der Waals surface area contributed by atoms with Crippen molar-refractivity contribution in [2.24, 2.45) is 0 Å². The molecule has 0 fully saturated rings. The maximum absolute atomic E-state index is 13.2. The first-order chi connectivity index (χ1) is 12.2. The number of thioether (sulfide) groups is 1. The van der Waals surface area contributed by atoms with E-state index in [1.54, 1.807) is 11.8 Å². The number of rotatable bonds is 3. The number of halogens is 1. The molecular weight excluding hydrogens is 350 g/mol. The molecule has 1 aliphatic heterocycles. The molecule has 1 atom stereocenters. The average Bonchev–Trinajstić information content (AvgIpc) is 2.65. The summed E-state index contributed by atoms with van der Waals surface area (Å²) in [6.07, 6.45) is 0. The summed E-state index contributed by atoms with van der Waals surface area (Å²) in [6.45, 7) is 0.578. The van der Waals surface area contributed by atoms with Gasteiger partial charge in [0, 0.05) is 16.5 Å². The van der Waals surface area contributed by atoms with Crippen LogP contribution in [0.5, 0.6) is 0 Å². The molecule has 0 radical (unpaired) electrons. The highest BCUT2D eigenvalue weighted by Gasteiger charge is 2.33. The Morgan fingerprint density at radius 2 is 1.56 bits per heavy atom. The molecule has 0 saturated heterocycles. The second-order valence-corrected chi connectivity index (χ2v) is 7.50. The van der Waals surface area contributed by atoms with E-state index in [0.29, 0.717) is 11.6 Å². The number of fused-ring (bicyclic) bond motifs is 1. The van der Waals surface area contributed by atoms with Crippen LogP contribution in [0.2, 0.25) is 5.02 Å². The van der Waals surface area contributed by atoms with Crippen LogP contribution >= 0.6 is 23.4 Å². The van der Waals surface area contributed by atoms with Crippen molar-refractivity contribution < 1.29 is 4.79 Å². The molecule has 3 aromatic carbocycles. The molecule has 0 spiro atoms. The van der Waals surface area contributed by atoms with Crippen LogP contribution in [0, 0.1) is 0 Å². The summed E-state index contributed by atoms with van der Waals surface area (Å²) in [6, 6.07) is 25.7. The predicted molar refractivity (Wildman–Crippen MR) is 103 cm³/mol. The molecule has 0 aliphatic carbocycles. The molecule has 1 heterocycles. The van der Waals surface area contributed by atoms with Gasteiger partial charge >= 0.3 is 0 Å². The van der Waals surface area contributed by atoms with Crippen LogP contribution in [0.15, 0.2) is 83.8 Å². The molecule has 3 aromatic rings. The van der Waals surface area contributed by atoms with Gasteiger partial charge in [0.1, 0.15) is 5.37 Å². The Balaban J connectivity index is 1.75. The Labute approximate surface area is 156 Å². The monoisotopic (exact) mass is 365 g/mol. The molecule has 124 valence electrons. The van der Waals surface area contributed by atoms with Gasteiger partial charge in [-0.15, -0.1) is 0 Å². The number of carbonyl (C=O) groups excluding carboxylic acids is 1. The third-order valence-corrected chi connectivity index (χ3v) is 5.86. The fourth-order valence-corrected chi connectivity index (χ4v) is 4.40. The number of amides is 1. The van der Waals surface area contributed by atoms with Gasteiger partial charge in [-0.25, -0.2) is 0 Å². The van der Waals surface area contributed by atoms with E-state index in [-0.39, 0.29) is 11.3 Å². The minimum Gasteiger partial charge on any atom is -0.318 e. The normalized spacial score (nSPS) is 16.6. The van der Waals surface area contributed by atoms with Crippen LogP contribution in [-0.4, -0.2) is 10.8 Å². The number of benzene rings is 3. The standard InChI is InChI=1S/C21H16ClNOS/c22-17-12-10-16(11-13-17)21-23(14-15-6-2-1-3-7-15)20(24)18-8-4-5-9-19(18)25-21/h1-13,21H,14H2/t21-/m1/s1. The Bertz CT molecular complexity index is 895. The molecule has 1 amide bonds. The third-order valence-electron chi connectivity index (χ3n) is 4.25. The summed E-state index contributed by atoms with van der Waals surface area (Å²) in [5, 5.41) is 0.630. The maximum atomic E-state index is 13.2. The first-order valence-corrected chi connectivity index (χ1v) is 9.34. The van der Waals surface area contributed by atoms with Gasteiger partial charge in [0.15, 0.2) is 0 Å². The van der Waals surface area contributed by atoms with Crippen LogP contribution in [0.3, 0.4) is 0 Å². The minimum atomic E-state index is -0.0696. The van der Waals surface area contributed by atoms with Crippen molar-refractivity contribution in [1.29, 1.82) is 0 Å². The summed E-state index contributed by atoms with van der Waals surface area (Å²) in [5.41, 5.74) is 2.97. The maximum Gasteiger partial charge on any atom is 0.256 e. The molecule has 0 N–H and O–H groups in total. The highest BCUT2D eigenvalue weighted by molar-refractivity contribution is 7.99.